The van der Waals surface area contributed by atoms with Crippen LogP contribution in [0.2, 0.25) is 0 Å². The second kappa shape index (κ2) is 3.43. The minimum atomic E-state index is 0.684. The van der Waals surface area contributed by atoms with Crippen LogP contribution in [0, 0.1) is 6.07 Å². The van der Waals surface area contributed by atoms with Crippen molar-refractivity contribution < 1.29 is 8.85 Å². The molecule has 0 heterocycles. The second-order valence-corrected chi connectivity index (χ2v) is 2.59. The third-order valence-corrected chi connectivity index (χ3v) is 2.05. The van der Waals surface area contributed by atoms with Crippen molar-refractivity contribution in [1.82, 2.24) is 0 Å². The van der Waals surface area contributed by atoms with Crippen LogP contribution in [0.1, 0.15) is 0 Å². The molecule has 0 saturated heterocycles. The van der Waals surface area contributed by atoms with Gasteiger partial charge in [-0.2, -0.15) is 0 Å². The minimum absolute atomic E-state index is 0.684. The summed E-state index contributed by atoms with van der Waals surface area (Å²) in [6, 6.07) is 8.54. The van der Waals surface area contributed by atoms with E-state index < -0.39 is 0 Å². The third-order valence-electron chi connectivity index (χ3n) is 1.21. The molecule has 1 aromatic rings. The zero-order valence-corrected chi connectivity index (χ0v) is 10.0. The molecule has 0 atom stereocenters. The second-order valence-electron chi connectivity index (χ2n) is 1.77. The number of benzene rings is 1. The van der Waals surface area contributed by atoms with Gasteiger partial charge in [-0.05, 0) is 6.07 Å². The third kappa shape index (κ3) is 1.40. The van der Waals surface area contributed by atoms with Gasteiger partial charge in [-0.25, -0.2) is 0 Å². The van der Waals surface area contributed by atoms with E-state index in [-0.39, 0.29) is 0 Å². The van der Waals surface area contributed by atoms with Crippen LogP contribution in [0.5, 0.6) is 11.5 Å². The molecular formula is C6H9O2Si2. The summed E-state index contributed by atoms with van der Waals surface area (Å²) in [5, 5.41) is 0. The molecule has 0 fully saturated rings. The van der Waals surface area contributed by atoms with E-state index >= 15 is 0 Å². The lowest BCUT2D eigenvalue weighted by Gasteiger charge is -2.05. The van der Waals surface area contributed by atoms with Gasteiger partial charge in [0, 0.05) is 6.07 Å². The van der Waals surface area contributed by atoms with E-state index in [1.165, 1.54) is 0 Å². The van der Waals surface area contributed by atoms with E-state index in [2.05, 4.69) is 6.07 Å². The minimum Gasteiger partial charge on any atom is -0.551 e. The van der Waals surface area contributed by atoms with Gasteiger partial charge in [0.1, 0.15) is 5.75 Å². The smallest absolute Gasteiger partial charge is 0.204 e. The molecule has 0 spiro atoms. The lowest BCUT2D eigenvalue weighted by atomic mass is 10.3. The highest BCUT2D eigenvalue weighted by Gasteiger charge is 1.96. The van der Waals surface area contributed by atoms with Gasteiger partial charge in [-0.15, -0.1) is 0 Å². The molecular weight excluding hydrogens is 160 g/mol. The Balaban J connectivity index is 2.96. The van der Waals surface area contributed by atoms with Gasteiger partial charge >= 0.3 is 0 Å². The van der Waals surface area contributed by atoms with Gasteiger partial charge in [0.25, 0.3) is 0 Å². The van der Waals surface area contributed by atoms with Gasteiger partial charge in [0.2, 0.25) is 21.0 Å². The zero-order valence-electron chi connectivity index (χ0n) is 6.05. The van der Waals surface area contributed by atoms with E-state index in [1.54, 1.807) is 0 Å². The van der Waals surface area contributed by atoms with Gasteiger partial charge in [-0.3, -0.25) is 0 Å². The molecule has 53 valence electrons. The van der Waals surface area contributed by atoms with Crippen LogP contribution in [-0.4, -0.2) is 21.0 Å². The topological polar surface area (TPSA) is 18.5 Å². The van der Waals surface area contributed by atoms with Crippen LogP contribution in [0.3, 0.4) is 0 Å². The summed E-state index contributed by atoms with van der Waals surface area (Å²) < 4.78 is 10.3. The molecule has 1 radical (unpaired) electrons. The predicted octanol–water partition coefficient (Wildman–Crippen LogP) is -1.19. The predicted molar refractivity (Wildman–Crippen MR) is 46.4 cm³/mol. The Kier molecular flexibility index (Phi) is 2.52. The SMILES string of the molecule is [SiH3]Oc1[c]cccc1O[SiH3]. The fourth-order valence-electron chi connectivity index (χ4n) is 0.726. The Hall–Kier alpha value is -0.746. The van der Waals surface area contributed by atoms with E-state index in [9.17, 15) is 0 Å². The molecule has 0 aliphatic rings. The van der Waals surface area contributed by atoms with Crippen molar-refractivity contribution >= 4 is 21.0 Å². The highest BCUT2D eigenvalue weighted by Crippen LogP contribution is 2.23. The number of hydrogen-bond acceptors (Lipinski definition) is 2. The van der Waals surface area contributed by atoms with Crippen molar-refractivity contribution in [3.8, 4) is 11.5 Å². The molecule has 0 unspecified atom stereocenters. The molecule has 0 amide bonds. The van der Waals surface area contributed by atoms with E-state index in [0.29, 0.717) is 21.0 Å². The highest BCUT2D eigenvalue weighted by molar-refractivity contribution is 6.01. The average molecular weight is 169 g/mol. The molecule has 2 nitrogen and oxygen atoms in total. The zero-order chi connectivity index (χ0) is 7.40. The van der Waals surface area contributed by atoms with Crippen LogP contribution >= 0.6 is 0 Å². The van der Waals surface area contributed by atoms with Crippen LogP contribution < -0.4 is 8.85 Å². The fourth-order valence-corrected chi connectivity index (χ4v) is 1.37. The maximum absolute atomic E-state index is 5.14. The lowest BCUT2D eigenvalue weighted by molar-refractivity contribution is 0.540. The first-order valence-electron chi connectivity index (χ1n) is 2.97. The van der Waals surface area contributed by atoms with Gasteiger partial charge in [-0.1, -0.05) is 12.1 Å². The maximum atomic E-state index is 5.14. The molecule has 0 N–H and O–H groups in total. The number of para-hydroxylation sites is 1. The van der Waals surface area contributed by atoms with Crippen LogP contribution in [0.15, 0.2) is 18.2 Å². The number of rotatable bonds is 2. The van der Waals surface area contributed by atoms with E-state index in [1.807, 2.05) is 18.2 Å². The summed E-state index contributed by atoms with van der Waals surface area (Å²) in [4.78, 5) is 0. The Morgan fingerprint density at radius 3 is 2.60 bits per heavy atom. The van der Waals surface area contributed by atoms with Gasteiger partial charge < -0.3 is 8.85 Å². The van der Waals surface area contributed by atoms with Crippen molar-refractivity contribution in [2.24, 2.45) is 0 Å². The normalized spacial score (nSPS) is 9.60. The summed E-state index contributed by atoms with van der Waals surface area (Å²) >= 11 is 0. The van der Waals surface area contributed by atoms with Crippen molar-refractivity contribution in [2.45, 2.75) is 0 Å². The molecule has 10 heavy (non-hydrogen) atoms. The van der Waals surface area contributed by atoms with E-state index in [4.69, 9.17) is 8.85 Å². The Morgan fingerprint density at radius 1 is 1.30 bits per heavy atom. The van der Waals surface area contributed by atoms with Gasteiger partial charge in [0.15, 0.2) is 5.75 Å². The van der Waals surface area contributed by atoms with E-state index in [0.717, 1.165) is 11.5 Å². The fraction of sp³-hybridized carbons (Fsp3) is 0. The summed E-state index contributed by atoms with van der Waals surface area (Å²) in [6.07, 6.45) is 0. The molecule has 1 aromatic carbocycles. The van der Waals surface area contributed by atoms with Crippen molar-refractivity contribution in [3.05, 3.63) is 24.3 Å². The molecule has 0 aliphatic heterocycles. The van der Waals surface area contributed by atoms with Gasteiger partial charge in [0.05, 0.1) is 0 Å². The molecule has 0 saturated carbocycles. The first kappa shape index (κ1) is 7.36. The average Bonchev–Trinajstić information content (AvgIpc) is 2.04. The first-order valence-corrected chi connectivity index (χ1v) is 4.60. The molecule has 0 aromatic heterocycles. The summed E-state index contributed by atoms with van der Waals surface area (Å²) in [6.45, 7) is 0. The van der Waals surface area contributed by atoms with Crippen LogP contribution in [0.4, 0.5) is 0 Å². The van der Waals surface area contributed by atoms with Crippen molar-refractivity contribution in [3.63, 3.8) is 0 Å². The number of hydrogen-bond donors (Lipinski definition) is 0. The van der Waals surface area contributed by atoms with Crippen LogP contribution in [0.25, 0.3) is 0 Å². The molecule has 1 rings (SSSR count). The largest absolute Gasteiger partial charge is 0.551 e. The monoisotopic (exact) mass is 169 g/mol. The Bertz CT molecular complexity index is 192. The molecule has 0 aliphatic carbocycles. The summed E-state index contributed by atoms with van der Waals surface area (Å²) in [7, 11) is 1.38. The van der Waals surface area contributed by atoms with Crippen LogP contribution in [-0.2, 0) is 0 Å². The standard InChI is InChI=1S/C6H9O2Si2/c9-7-5-3-1-2-4-6(5)8-10/h1-3H,9-10H3. The quantitative estimate of drug-likeness (QED) is 0.518. The maximum Gasteiger partial charge on any atom is 0.204 e. The highest BCUT2D eigenvalue weighted by atomic mass is 28.2. The summed E-state index contributed by atoms with van der Waals surface area (Å²) in [5.74, 6) is 1.55. The summed E-state index contributed by atoms with van der Waals surface area (Å²) in [5.41, 5.74) is 0. The van der Waals surface area contributed by atoms with Crippen molar-refractivity contribution in [1.29, 1.82) is 0 Å². The Labute approximate surface area is 66.2 Å². The van der Waals surface area contributed by atoms with Crippen molar-refractivity contribution in [2.75, 3.05) is 0 Å². The lowest BCUT2D eigenvalue weighted by Crippen LogP contribution is -1.91. The molecule has 4 heteroatoms. The Morgan fingerprint density at radius 2 is 2.10 bits per heavy atom. The molecule has 0 bridgehead atoms. The first-order chi connectivity index (χ1) is 4.88.